The van der Waals surface area contributed by atoms with Gasteiger partial charge in [0, 0.05) is 0 Å². The van der Waals surface area contributed by atoms with Crippen LogP contribution in [0.5, 0.6) is 0 Å². The van der Waals surface area contributed by atoms with Crippen molar-refractivity contribution in [1.82, 2.24) is 0 Å². The molecular formula is C16H20N2O2. The van der Waals surface area contributed by atoms with Gasteiger partial charge < -0.3 is 10.4 Å². The van der Waals surface area contributed by atoms with Crippen molar-refractivity contribution in [1.29, 1.82) is 5.26 Å². The molecule has 1 aliphatic carbocycles. The molecule has 2 N–H and O–H groups in total. The normalized spacial score (nSPS) is 17.2. The van der Waals surface area contributed by atoms with E-state index in [0.29, 0.717) is 11.3 Å². The van der Waals surface area contributed by atoms with Crippen LogP contribution in [0.3, 0.4) is 0 Å². The Morgan fingerprint density at radius 3 is 2.70 bits per heavy atom. The van der Waals surface area contributed by atoms with Crippen LogP contribution in [0.4, 0.5) is 5.69 Å². The van der Waals surface area contributed by atoms with Crippen LogP contribution in [0, 0.1) is 24.2 Å². The topological polar surface area (TPSA) is 73.1 Å². The predicted molar refractivity (Wildman–Crippen MR) is 77.5 cm³/mol. The van der Waals surface area contributed by atoms with Crippen molar-refractivity contribution in [3.8, 4) is 6.07 Å². The van der Waals surface area contributed by atoms with Crippen LogP contribution in [0.1, 0.15) is 43.2 Å². The number of carboxylic acid groups (broad SMARTS) is 1. The van der Waals surface area contributed by atoms with Crippen molar-refractivity contribution in [2.45, 2.75) is 45.1 Å². The summed E-state index contributed by atoms with van der Waals surface area (Å²) in [6.45, 7) is 1.93. The summed E-state index contributed by atoms with van der Waals surface area (Å²) >= 11 is 0. The molecule has 0 radical (unpaired) electrons. The van der Waals surface area contributed by atoms with E-state index in [1.165, 1.54) is 6.42 Å². The van der Waals surface area contributed by atoms with Gasteiger partial charge in [0.05, 0.1) is 11.3 Å². The highest BCUT2D eigenvalue weighted by Crippen LogP contribution is 2.29. The molecule has 4 heteroatoms. The Labute approximate surface area is 119 Å². The maximum atomic E-state index is 11.5. The van der Waals surface area contributed by atoms with Crippen LogP contribution in [0.2, 0.25) is 0 Å². The van der Waals surface area contributed by atoms with E-state index in [-0.39, 0.29) is 5.92 Å². The highest BCUT2D eigenvalue weighted by Gasteiger charge is 2.29. The molecular weight excluding hydrogens is 252 g/mol. The molecule has 0 bridgehead atoms. The monoisotopic (exact) mass is 272 g/mol. The molecule has 1 unspecified atom stereocenters. The van der Waals surface area contributed by atoms with E-state index in [9.17, 15) is 9.90 Å². The number of hydrogen-bond donors (Lipinski definition) is 2. The van der Waals surface area contributed by atoms with E-state index in [0.717, 1.165) is 31.2 Å². The summed E-state index contributed by atoms with van der Waals surface area (Å²) in [5.74, 6) is -0.685. The summed E-state index contributed by atoms with van der Waals surface area (Å²) in [7, 11) is 0. The number of carbonyl (C=O) groups is 1. The van der Waals surface area contributed by atoms with Crippen LogP contribution in [-0.4, -0.2) is 17.1 Å². The number of nitrogens with one attached hydrogen (secondary N) is 1. The van der Waals surface area contributed by atoms with Gasteiger partial charge in [-0.05, 0) is 43.4 Å². The third-order valence-corrected chi connectivity index (χ3v) is 3.99. The molecule has 1 fully saturated rings. The molecule has 1 aliphatic rings. The third-order valence-electron chi connectivity index (χ3n) is 3.99. The van der Waals surface area contributed by atoms with Gasteiger partial charge >= 0.3 is 5.97 Å². The van der Waals surface area contributed by atoms with Crippen molar-refractivity contribution in [3.63, 3.8) is 0 Å². The Balaban J connectivity index is 2.22. The van der Waals surface area contributed by atoms with Crippen LogP contribution >= 0.6 is 0 Å². The number of aliphatic carboxylic acids is 1. The minimum absolute atomic E-state index is 0.147. The first-order chi connectivity index (χ1) is 9.61. The van der Waals surface area contributed by atoms with Gasteiger partial charge in [-0.25, -0.2) is 4.79 Å². The van der Waals surface area contributed by atoms with Gasteiger partial charge in [-0.1, -0.05) is 25.3 Å². The zero-order chi connectivity index (χ0) is 14.5. The number of benzene rings is 1. The smallest absolute Gasteiger partial charge is 0.326 e. The lowest BCUT2D eigenvalue weighted by molar-refractivity contribution is -0.139. The standard InChI is InChI=1S/C16H20N2O2/c1-11-7-8-13(10-17)14(9-11)18-15(16(19)20)12-5-3-2-4-6-12/h7-9,12,15,18H,2-6H2,1H3,(H,19,20). The highest BCUT2D eigenvalue weighted by atomic mass is 16.4. The van der Waals surface area contributed by atoms with E-state index in [2.05, 4.69) is 11.4 Å². The van der Waals surface area contributed by atoms with Crippen LogP contribution in [-0.2, 0) is 4.79 Å². The Hall–Kier alpha value is -2.02. The first-order valence-electron chi connectivity index (χ1n) is 7.12. The number of nitrogens with zero attached hydrogens (tertiary/aromatic N) is 1. The molecule has 0 aliphatic heterocycles. The Morgan fingerprint density at radius 1 is 1.40 bits per heavy atom. The van der Waals surface area contributed by atoms with Crippen molar-refractivity contribution < 1.29 is 9.90 Å². The molecule has 2 rings (SSSR count). The van der Waals surface area contributed by atoms with Gasteiger partial charge in [0.1, 0.15) is 12.1 Å². The fourth-order valence-corrected chi connectivity index (χ4v) is 2.89. The SMILES string of the molecule is Cc1ccc(C#N)c(NC(C(=O)O)C2CCCCC2)c1. The average molecular weight is 272 g/mol. The molecule has 0 aromatic heterocycles. The molecule has 106 valence electrons. The number of carboxylic acids is 1. The van der Waals surface area contributed by atoms with Crippen molar-refractivity contribution >= 4 is 11.7 Å². The van der Waals surface area contributed by atoms with Gasteiger partial charge in [0.25, 0.3) is 0 Å². The molecule has 0 saturated heterocycles. The largest absolute Gasteiger partial charge is 0.480 e. The highest BCUT2D eigenvalue weighted by molar-refractivity contribution is 5.78. The number of anilines is 1. The first-order valence-corrected chi connectivity index (χ1v) is 7.12. The number of nitriles is 1. The summed E-state index contributed by atoms with van der Waals surface area (Å²) in [6.07, 6.45) is 5.26. The van der Waals surface area contributed by atoms with Gasteiger partial charge in [-0.3, -0.25) is 0 Å². The Morgan fingerprint density at radius 2 is 2.10 bits per heavy atom. The van der Waals surface area contributed by atoms with Crippen molar-refractivity contribution in [2.24, 2.45) is 5.92 Å². The van der Waals surface area contributed by atoms with Gasteiger partial charge in [0.15, 0.2) is 0 Å². The fraction of sp³-hybridized carbons (Fsp3) is 0.500. The van der Waals surface area contributed by atoms with Crippen LogP contribution in [0.25, 0.3) is 0 Å². The molecule has 0 heterocycles. The zero-order valence-corrected chi connectivity index (χ0v) is 11.7. The van der Waals surface area contributed by atoms with E-state index < -0.39 is 12.0 Å². The van der Waals surface area contributed by atoms with Crippen LogP contribution in [0.15, 0.2) is 18.2 Å². The maximum absolute atomic E-state index is 11.5. The lowest BCUT2D eigenvalue weighted by atomic mass is 9.83. The average Bonchev–Trinajstić information content (AvgIpc) is 2.45. The molecule has 1 atom stereocenters. The molecule has 0 spiro atoms. The lowest BCUT2D eigenvalue weighted by Gasteiger charge is -2.29. The van der Waals surface area contributed by atoms with E-state index >= 15 is 0 Å². The van der Waals surface area contributed by atoms with Gasteiger partial charge in [0.2, 0.25) is 0 Å². The van der Waals surface area contributed by atoms with Crippen molar-refractivity contribution in [3.05, 3.63) is 29.3 Å². The Kier molecular flexibility index (Phi) is 4.62. The number of hydrogen-bond acceptors (Lipinski definition) is 3. The second-order valence-corrected chi connectivity index (χ2v) is 5.52. The van der Waals surface area contributed by atoms with Crippen molar-refractivity contribution in [2.75, 3.05) is 5.32 Å². The van der Waals surface area contributed by atoms with Gasteiger partial charge in [-0.2, -0.15) is 5.26 Å². The van der Waals surface area contributed by atoms with E-state index in [1.807, 2.05) is 19.1 Å². The molecule has 0 amide bonds. The summed E-state index contributed by atoms with van der Waals surface area (Å²) in [5.41, 5.74) is 2.14. The second-order valence-electron chi connectivity index (χ2n) is 5.52. The fourth-order valence-electron chi connectivity index (χ4n) is 2.89. The molecule has 4 nitrogen and oxygen atoms in total. The lowest BCUT2D eigenvalue weighted by Crippen LogP contribution is -2.38. The zero-order valence-electron chi connectivity index (χ0n) is 11.7. The summed E-state index contributed by atoms with van der Waals surface area (Å²) in [4.78, 5) is 11.5. The second kappa shape index (κ2) is 6.42. The summed E-state index contributed by atoms with van der Waals surface area (Å²) in [6, 6.07) is 6.95. The maximum Gasteiger partial charge on any atom is 0.326 e. The predicted octanol–water partition coefficient (Wildman–Crippen LogP) is 3.31. The minimum atomic E-state index is -0.831. The number of rotatable bonds is 4. The minimum Gasteiger partial charge on any atom is -0.480 e. The van der Waals surface area contributed by atoms with Crippen LogP contribution < -0.4 is 5.32 Å². The summed E-state index contributed by atoms with van der Waals surface area (Å²) in [5, 5.41) is 21.7. The molecule has 1 saturated carbocycles. The molecule has 20 heavy (non-hydrogen) atoms. The Bertz CT molecular complexity index is 528. The molecule has 1 aromatic carbocycles. The summed E-state index contributed by atoms with van der Waals surface area (Å²) < 4.78 is 0. The quantitative estimate of drug-likeness (QED) is 0.882. The third kappa shape index (κ3) is 3.30. The molecule has 1 aromatic rings. The van der Waals surface area contributed by atoms with E-state index in [1.54, 1.807) is 6.07 Å². The number of aryl methyl sites for hydroxylation is 1. The van der Waals surface area contributed by atoms with Gasteiger partial charge in [-0.15, -0.1) is 0 Å². The first kappa shape index (κ1) is 14.4. The van der Waals surface area contributed by atoms with E-state index in [4.69, 9.17) is 5.26 Å².